The van der Waals surface area contributed by atoms with Crippen LogP contribution in [0.4, 0.5) is 10.5 Å². The maximum absolute atomic E-state index is 12.6. The van der Waals surface area contributed by atoms with Crippen LogP contribution in [-0.2, 0) is 13.6 Å². The van der Waals surface area contributed by atoms with Crippen LogP contribution >= 0.6 is 0 Å². The lowest BCUT2D eigenvalue weighted by atomic mass is 9.97. The van der Waals surface area contributed by atoms with Crippen molar-refractivity contribution in [2.24, 2.45) is 7.05 Å². The Labute approximate surface area is 157 Å². The minimum Gasteiger partial charge on any atom is -0.330 e. The second-order valence-electron chi connectivity index (χ2n) is 6.85. The van der Waals surface area contributed by atoms with Gasteiger partial charge in [-0.2, -0.15) is 0 Å². The number of carbonyl (C=O) groups is 1. The van der Waals surface area contributed by atoms with Gasteiger partial charge in [0.05, 0.1) is 12.9 Å². The fraction of sp³-hybridized carbons (Fsp3) is 0.368. The summed E-state index contributed by atoms with van der Waals surface area (Å²) in [6.45, 7) is 2.04. The number of benzene rings is 1. The summed E-state index contributed by atoms with van der Waals surface area (Å²) in [4.78, 5) is 18.5. The Morgan fingerprint density at radius 2 is 2.11 bits per heavy atom. The number of nitrogens with zero attached hydrogens (tertiary/aromatic N) is 6. The summed E-state index contributed by atoms with van der Waals surface area (Å²) < 4.78 is 4.01. The van der Waals surface area contributed by atoms with Crippen LogP contribution < -0.4 is 5.32 Å². The summed E-state index contributed by atoms with van der Waals surface area (Å²) in [5.74, 6) is 2.01. The zero-order valence-corrected chi connectivity index (χ0v) is 15.3. The number of aromatic nitrogens is 5. The van der Waals surface area contributed by atoms with Gasteiger partial charge in [0.2, 0.25) is 0 Å². The first kappa shape index (κ1) is 17.3. The maximum Gasteiger partial charge on any atom is 0.321 e. The molecule has 1 aliphatic rings. The summed E-state index contributed by atoms with van der Waals surface area (Å²) >= 11 is 0. The molecule has 140 valence electrons. The molecule has 0 aliphatic carbocycles. The van der Waals surface area contributed by atoms with Gasteiger partial charge in [0.25, 0.3) is 0 Å². The number of amides is 2. The third-order valence-corrected chi connectivity index (χ3v) is 4.98. The number of anilines is 1. The summed E-state index contributed by atoms with van der Waals surface area (Å²) in [6, 6.07) is 9.48. The molecular formula is C19H23N7O. The van der Waals surface area contributed by atoms with Gasteiger partial charge in [-0.3, -0.25) is 0 Å². The Balaban J connectivity index is 1.44. The normalized spacial score (nSPS) is 17.1. The number of carbonyl (C=O) groups excluding carboxylic acids is 1. The number of nitrogens with one attached hydrogen (secondary N) is 1. The van der Waals surface area contributed by atoms with Gasteiger partial charge in [-0.1, -0.05) is 18.2 Å². The first-order chi connectivity index (χ1) is 13.2. The predicted octanol–water partition coefficient (Wildman–Crippen LogP) is 2.47. The quantitative estimate of drug-likeness (QED) is 0.770. The van der Waals surface area contributed by atoms with Crippen LogP contribution in [0.25, 0.3) is 0 Å². The van der Waals surface area contributed by atoms with Crippen LogP contribution in [0.1, 0.15) is 30.4 Å². The maximum atomic E-state index is 12.6. The molecule has 1 fully saturated rings. The standard InChI is InChI=1S/C19H23N7O/c1-24-17(13-25-11-9-20-14-25)22-23-18(24)15-6-5-10-26(12-15)19(27)21-16-7-3-2-4-8-16/h2-4,7-9,11,14-15H,5-6,10,12-13H2,1H3,(H,21,27). The molecule has 1 aromatic carbocycles. The molecular weight excluding hydrogens is 342 g/mol. The first-order valence-corrected chi connectivity index (χ1v) is 9.15. The number of imidazole rings is 1. The van der Waals surface area contributed by atoms with E-state index in [2.05, 4.69) is 20.5 Å². The number of rotatable bonds is 4. The van der Waals surface area contributed by atoms with Gasteiger partial charge >= 0.3 is 6.03 Å². The molecule has 2 amide bonds. The molecule has 0 bridgehead atoms. The van der Waals surface area contributed by atoms with E-state index in [1.54, 1.807) is 12.5 Å². The average molecular weight is 365 g/mol. The van der Waals surface area contributed by atoms with Crippen molar-refractivity contribution in [1.82, 2.24) is 29.2 Å². The van der Waals surface area contributed by atoms with Crippen LogP contribution in [0, 0.1) is 0 Å². The molecule has 1 aliphatic heterocycles. The number of hydrogen-bond donors (Lipinski definition) is 1. The molecule has 8 heteroatoms. The van der Waals surface area contributed by atoms with Gasteiger partial charge in [-0.25, -0.2) is 9.78 Å². The van der Waals surface area contributed by atoms with Crippen LogP contribution in [0.15, 0.2) is 49.1 Å². The van der Waals surface area contributed by atoms with Crippen molar-refractivity contribution < 1.29 is 4.79 Å². The third-order valence-electron chi connectivity index (χ3n) is 4.98. The summed E-state index contributed by atoms with van der Waals surface area (Å²) in [5.41, 5.74) is 0.811. The minimum atomic E-state index is -0.0632. The van der Waals surface area contributed by atoms with Crippen molar-refractivity contribution in [3.63, 3.8) is 0 Å². The molecule has 1 atom stereocenters. The number of hydrogen-bond acceptors (Lipinski definition) is 4. The van der Waals surface area contributed by atoms with E-state index in [-0.39, 0.29) is 11.9 Å². The van der Waals surface area contributed by atoms with E-state index in [1.807, 2.05) is 57.6 Å². The lowest BCUT2D eigenvalue weighted by Crippen LogP contribution is -2.42. The lowest BCUT2D eigenvalue weighted by Gasteiger charge is -2.32. The van der Waals surface area contributed by atoms with Crippen LogP contribution in [0.2, 0.25) is 0 Å². The molecule has 1 unspecified atom stereocenters. The van der Waals surface area contributed by atoms with Crippen LogP contribution in [-0.4, -0.2) is 48.3 Å². The summed E-state index contributed by atoms with van der Waals surface area (Å²) in [7, 11) is 1.99. The molecule has 0 spiro atoms. The monoisotopic (exact) mass is 365 g/mol. The summed E-state index contributed by atoms with van der Waals surface area (Å²) in [5, 5.41) is 11.7. The molecule has 3 aromatic rings. The van der Waals surface area contributed by atoms with E-state index >= 15 is 0 Å². The highest BCUT2D eigenvalue weighted by Crippen LogP contribution is 2.26. The van der Waals surface area contributed by atoms with Crippen LogP contribution in [0.5, 0.6) is 0 Å². The van der Waals surface area contributed by atoms with Gasteiger partial charge in [-0.15, -0.1) is 10.2 Å². The molecule has 2 aromatic heterocycles. The molecule has 3 heterocycles. The zero-order valence-electron chi connectivity index (χ0n) is 15.3. The summed E-state index contributed by atoms with van der Waals surface area (Å²) in [6.07, 6.45) is 7.39. The van der Waals surface area contributed by atoms with Gasteiger partial charge in [0.15, 0.2) is 5.82 Å². The van der Waals surface area contributed by atoms with Gasteiger partial charge in [0, 0.05) is 44.1 Å². The van der Waals surface area contributed by atoms with Crippen molar-refractivity contribution in [3.05, 3.63) is 60.7 Å². The highest BCUT2D eigenvalue weighted by molar-refractivity contribution is 5.89. The molecule has 1 saturated heterocycles. The second kappa shape index (κ2) is 7.61. The number of urea groups is 1. The first-order valence-electron chi connectivity index (χ1n) is 9.15. The Morgan fingerprint density at radius 3 is 2.89 bits per heavy atom. The van der Waals surface area contributed by atoms with E-state index < -0.39 is 0 Å². The van der Waals surface area contributed by atoms with Gasteiger partial charge in [0.1, 0.15) is 5.82 Å². The largest absolute Gasteiger partial charge is 0.330 e. The number of piperidine rings is 1. The molecule has 0 saturated carbocycles. The fourth-order valence-corrected chi connectivity index (χ4v) is 3.51. The molecule has 0 radical (unpaired) electrons. The Kier molecular flexibility index (Phi) is 4.86. The SMILES string of the molecule is Cn1c(Cn2ccnc2)nnc1C1CCCN(C(=O)Nc2ccccc2)C1. The van der Waals surface area contributed by atoms with Crippen molar-refractivity contribution >= 4 is 11.7 Å². The molecule has 4 rings (SSSR count). The highest BCUT2D eigenvalue weighted by Gasteiger charge is 2.28. The molecule has 1 N–H and O–H groups in total. The van der Waals surface area contributed by atoms with Crippen molar-refractivity contribution in [2.75, 3.05) is 18.4 Å². The Bertz CT molecular complexity index is 888. The number of likely N-dealkylation sites (tertiary alicyclic amines) is 1. The highest BCUT2D eigenvalue weighted by atomic mass is 16.2. The Hall–Kier alpha value is -3.16. The molecule has 8 nitrogen and oxygen atoms in total. The van der Waals surface area contributed by atoms with Crippen molar-refractivity contribution in [2.45, 2.75) is 25.3 Å². The van der Waals surface area contributed by atoms with Gasteiger partial charge in [-0.05, 0) is 25.0 Å². The van der Waals surface area contributed by atoms with E-state index in [0.29, 0.717) is 13.1 Å². The van der Waals surface area contributed by atoms with Gasteiger partial charge < -0.3 is 19.4 Å². The molecule has 27 heavy (non-hydrogen) atoms. The van der Waals surface area contributed by atoms with E-state index in [0.717, 1.165) is 36.7 Å². The Morgan fingerprint density at radius 1 is 1.26 bits per heavy atom. The van der Waals surface area contributed by atoms with Crippen molar-refractivity contribution in [3.8, 4) is 0 Å². The fourth-order valence-electron chi connectivity index (χ4n) is 3.51. The van der Waals surface area contributed by atoms with Crippen molar-refractivity contribution in [1.29, 1.82) is 0 Å². The minimum absolute atomic E-state index is 0.0632. The number of para-hydroxylation sites is 1. The topological polar surface area (TPSA) is 80.9 Å². The predicted molar refractivity (Wildman–Crippen MR) is 101 cm³/mol. The van der Waals surface area contributed by atoms with E-state index in [1.165, 1.54) is 0 Å². The average Bonchev–Trinajstić information content (AvgIpc) is 3.33. The second-order valence-corrected chi connectivity index (χ2v) is 6.85. The van der Waals surface area contributed by atoms with E-state index in [4.69, 9.17) is 0 Å². The third kappa shape index (κ3) is 3.84. The smallest absolute Gasteiger partial charge is 0.321 e. The van der Waals surface area contributed by atoms with E-state index in [9.17, 15) is 4.79 Å². The van der Waals surface area contributed by atoms with Crippen LogP contribution in [0.3, 0.4) is 0 Å². The zero-order chi connectivity index (χ0) is 18.6. The lowest BCUT2D eigenvalue weighted by molar-refractivity contribution is 0.190.